The van der Waals surface area contributed by atoms with Crippen LogP contribution in [0.1, 0.15) is 27.3 Å². The maximum atomic E-state index is 12.8. The normalized spacial score (nSPS) is 10.4. The molecule has 0 atom stereocenters. The molecule has 158 valence electrons. The van der Waals surface area contributed by atoms with Gasteiger partial charge in [-0.15, -0.1) is 5.10 Å². The molecule has 2 aromatic carbocycles. The molecule has 1 amide bonds. The molecule has 0 aliphatic heterocycles. The Hall–Kier alpha value is -4.22. The van der Waals surface area contributed by atoms with Crippen LogP contribution < -0.4 is 10.1 Å². The lowest BCUT2D eigenvalue weighted by molar-refractivity contribution is 0.102. The van der Waals surface area contributed by atoms with Gasteiger partial charge in [-0.05, 0) is 67.9 Å². The van der Waals surface area contributed by atoms with Gasteiger partial charge in [-0.3, -0.25) is 4.79 Å². The van der Waals surface area contributed by atoms with Gasteiger partial charge in [-0.1, -0.05) is 17.7 Å². The fourth-order valence-corrected chi connectivity index (χ4v) is 3.18. The quantitative estimate of drug-likeness (QED) is 0.471. The molecule has 0 aliphatic rings. The minimum absolute atomic E-state index is 0.205. The summed E-state index contributed by atoms with van der Waals surface area (Å²) in [6, 6.07) is 17.5. The lowest BCUT2D eigenvalue weighted by Gasteiger charge is -2.11. The molecule has 0 saturated carbocycles. The zero-order valence-electron chi connectivity index (χ0n) is 17.2. The number of amides is 1. The third-order valence-electron chi connectivity index (χ3n) is 4.59. The second-order valence-corrected chi connectivity index (χ2v) is 7.34. The van der Waals surface area contributed by atoms with Crippen molar-refractivity contribution in [1.82, 2.24) is 20.0 Å². The van der Waals surface area contributed by atoms with Crippen molar-refractivity contribution in [2.24, 2.45) is 0 Å². The fourth-order valence-electron chi connectivity index (χ4n) is 2.99. The molecule has 4 rings (SSSR count). The molecule has 2 heterocycles. The highest BCUT2D eigenvalue weighted by atomic mass is 35.5. The van der Waals surface area contributed by atoms with Crippen molar-refractivity contribution in [2.45, 2.75) is 13.8 Å². The average Bonchev–Trinajstić information content (AvgIpc) is 3.18. The van der Waals surface area contributed by atoms with Crippen LogP contribution in [0.5, 0.6) is 11.6 Å². The van der Waals surface area contributed by atoms with Gasteiger partial charge < -0.3 is 10.1 Å². The molecule has 0 unspecified atom stereocenters. The first-order chi connectivity index (χ1) is 15.4. The van der Waals surface area contributed by atoms with E-state index in [2.05, 4.69) is 20.5 Å². The zero-order valence-corrected chi connectivity index (χ0v) is 18.0. The minimum atomic E-state index is -0.385. The highest BCUT2D eigenvalue weighted by Crippen LogP contribution is 2.27. The molecule has 4 aromatic rings. The lowest BCUT2D eigenvalue weighted by Crippen LogP contribution is -2.15. The van der Waals surface area contributed by atoms with Gasteiger partial charge in [-0.25, -0.2) is 4.98 Å². The number of benzene rings is 2. The van der Waals surface area contributed by atoms with Gasteiger partial charge in [0.15, 0.2) is 5.69 Å². The summed E-state index contributed by atoms with van der Waals surface area (Å²) in [5.74, 6) is 0.335. The number of aryl methyl sites for hydroxylation is 2. The Bertz CT molecular complexity index is 1360. The van der Waals surface area contributed by atoms with Crippen LogP contribution in [0, 0.1) is 25.2 Å². The standard InChI is InChI=1S/C23H17ClN6O2/c1-14-11-19(32-23-16(13-25)5-4-10-26-23)8-9-20(14)27-22(31)21-15(2)28-30(29-21)18-7-3-6-17(24)12-18/h3-12H,1-2H3,(H,27,31). The number of hydrogen-bond donors (Lipinski definition) is 1. The van der Waals surface area contributed by atoms with E-state index in [1.807, 2.05) is 13.0 Å². The third-order valence-corrected chi connectivity index (χ3v) is 4.82. The molecule has 9 heteroatoms. The summed E-state index contributed by atoms with van der Waals surface area (Å²) < 4.78 is 5.72. The van der Waals surface area contributed by atoms with E-state index >= 15 is 0 Å². The molecule has 8 nitrogen and oxygen atoms in total. The summed E-state index contributed by atoms with van der Waals surface area (Å²) in [4.78, 5) is 18.3. The summed E-state index contributed by atoms with van der Waals surface area (Å²) in [6.07, 6.45) is 1.55. The number of hydrogen-bond acceptors (Lipinski definition) is 6. The van der Waals surface area contributed by atoms with Gasteiger partial charge in [-0.2, -0.15) is 15.2 Å². The lowest BCUT2D eigenvalue weighted by atomic mass is 10.2. The summed E-state index contributed by atoms with van der Waals surface area (Å²) >= 11 is 6.03. The predicted octanol–water partition coefficient (Wildman–Crippen LogP) is 4.85. The van der Waals surface area contributed by atoms with E-state index in [0.29, 0.717) is 33.4 Å². The van der Waals surface area contributed by atoms with Gasteiger partial charge in [0.25, 0.3) is 5.91 Å². The fraction of sp³-hybridized carbons (Fsp3) is 0.0870. The number of nitriles is 1. The van der Waals surface area contributed by atoms with E-state index in [-0.39, 0.29) is 17.5 Å². The Labute approximate surface area is 189 Å². The van der Waals surface area contributed by atoms with Crippen LogP contribution in [0.25, 0.3) is 5.69 Å². The number of carbonyl (C=O) groups excluding carboxylic acids is 1. The Morgan fingerprint density at radius 3 is 2.72 bits per heavy atom. The number of nitrogens with zero attached hydrogens (tertiary/aromatic N) is 5. The van der Waals surface area contributed by atoms with E-state index in [1.165, 1.54) is 4.80 Å². The van der Waals surface area contributed by atoms with E-state index in [0.717, 1.165) is 5.56 Å². The van der Waals surface area contributed by atoms with Gasteiger partial charge in [0.05, 0.1) is 11.4 Å². The van der Waals surface area contributed by atoms with E-state index in [9.17, 15) is 10.1 Å². The summed E-state index contributed by atoms with van der Waals surface area (Å²) in [5, 5.41) is 21.2. The monoisotopic (exact) mass is 444 g/mol. The number of anilines is 1. The van der Waals surface area contributed by atoms with E-state index < -0.39 is 0 Å². The molecule has 2 aromatic heterocycles. The van der Waals surface area contributed by atoms with Crippen LogP contribution in [-0.4, -0.2) is 25.9 Å². The number of ether oxygens (including phenoxy) is 1. The summed E-state index contributed by atoms with van der Waals surface area (Å²) in [7, 11) is 0. The maximum absolute atomic E-state index is 12.8. The van der Waals surface area contributed by atoms with Crippen LogP contribution in [0.2, 0.25) is 5.02 Å². The second-order valence-electron chi connectivity index (χ2n) is 6.90. The molecule has 0 radical (unpaired) electrons. The number of nitrogens with one attached hydrogen (secondary N) is 1. The number of rotatable bonds is 5. The molecule has 0 bridgehead atoms. The Morgan fingerprint density at radius 1 is 1.12 bits per heavy atom. The highest BCUT2D eigenvalue weighted by molar-refractivity contribution is 6.30. The maximum Gasteiger partial charge on any atom is 0.278 e. The topological polar surface area (TPSA) is 106 Å². The minimum Gasteiger partial charge on any atom is -0.438 e. The smallest absolute Gasteiger partial charge is 0.278 e. The second kappa shape index (κ2) is 8.88. The van der Waals surface area contributed by atoms with Crippen molar-refractivity contribution in [2.75, 3.05) is 5.32 Å². The van der Waals surface area contributed by atoms with Gasteiger partial charge >= 0.3 is 0 Å². The van der Waals surface area contributed by atoms with Gasteiger partial charge in [0, 0.05) is 16.9 Å². The van der Waals surface area contributed by atoms with Crippen LogP contribution in [-0.2, 0) is 0 Å². The first kappa shape index (κ1) is 21.0. The van der Waals surface area contributed by atoms with Crippen LogP contribution in [0.3, 0.4) is 0 Å². The van der Waals surface area contributed by atoms with Crippen molar-refractivity contribution in [1.29, 1.82) is 5.26 Å². The largest absolute Gasteiger partial charge is 0.438 e. The first-order valence-corrected chi connectivity index (χ1v) is 9.97. The Kier molecular flexibility index (Phi) is 5.83. The van der Waals surface area contributed by atoms with Gasteiger partial charge in [0.1, 0.15) is 17.4 Å². The van der Waals surface area contributed by atoms with Crippen molar-refractivity contribution < 1.29 is 9.53 Å². The summed E-state index contributed by atoms with van der Waals surface area (Å²) in [6.45, 7) is 3.55. The first-order valence-electron chi connectivity index (χ1n) is 9.59. The number of aromatic nitrogens is 4. The molecular formula is C23H17ClN6O2. The third kappa shape index (κ3) is 4.43. The molecule has 0 saturated heterocycles. The van der Waals surface area contributed by atoms with Crippen molar-refractivity contribution >= 4 is 23.2 Å². The van der Waals surface area contributed by atoms with Gasteiger partial charge in [0.2, 0.25) is 5.88 Å². The summed E-state index contributed by atoms with van der Waals surface area (Å²) in [5.41, 5.74) is 3.05. The average molecular weight is 445 g/mol. The number of carbonyl (C=O) groups is 1. The van der Waals surface area contributed by atoms with Crippen molar-refractivity contribution in [3.63, 3.8) is 0 Å². The molecule has 1 N–H and O–H groups in total. The van der Waals surface area contributed by atoms with Crippen molar-refractivity contribution in [3.8, 4) is 23.4 Å². The molecule has 0 aliphatic carbocycles. The van der Waals surface area contributed by atoms with E-state index in [4.69, 9.17) is 16.3 Å². The molecule has 0 fully saturated rings. The number of pyridine rings is 1. The molecular weight excluding hydrogens is 428 g/mol. The highest BCUT2D eigenvalue weighted by Gasteiger charge is 2.18. The van der Waals surface area contributed by atoms with E-state index in [1.54, 1.807) is 67.7 Å². The molecule has 0 spiro atoms. The SMILES string of the molecule is Cc1cc(Oc2ncccc2C#N)ccc1NC(=O)c1nn(-c2cccc(Cl)c2)nc1C. The Morgan fingerprint density at radius 2 is 1.97 bits per heavy atom. The predicted molar refractivity (Wildman–Crippen MR) is 119 cm³/mol. The van der Waals surface area contributed by atoms with Crippen LogP contribution >= 0.6 is 11.6 Å². The molecule has 32 heavy (non-hydrogen) atoms. The van der Waals surface area contributed by atoms with Crippen LogP contribution in [0.4, 0.5) is 5.69 Å². The Balaban J connectivity index is 1.52. The van der Waals surface area contributed by atoms with Crippen molar-refractivity contribution in [3.05, 3.63) is 88.3 Å². The number of halogens is 1. The zero-order chi connectivity index (χ0) is 22.7. The van der Waals surface area contributed by atoms with Crippen LogP contribution in [0.15, 0.2) is 60.8 Å².